The van der Waals surface area contributed by atoms with Crippen molar-refractivity contribution in [3.8, 4) is 22.8 Å². The van der Waals surface area contributed by atoms with E-state index in [2.05, 4.69) is 46.8 Å². The number of hydrogen-bond acceptors (Lipinski definition) is 7. The Morgan fingerprint density at radius 3 is 2.07 bits per heavy atom. The first kappa shape index (κ1) is 31.5. The van der Waals surface area contributed by atoms with E-state index in [-0.39, 0.29) is 31.3 Å². The minimum absolute atomic E-state index is 0.0550. The van der Waals surface area contributed by atoms with E-state index in [0.29, 0.717) is 23.2 Å². The molecule has 0 aliphatic carbocycles. The predicted molar refractivity (Wildman–Crippen MR) is 160 cm³/mol. The van der Waals surface area contributed by atoms with Crippen molar-refractivity contribution in [3.05, 3.63) is 90.0 Å². The molecule has 2 atom stereocenters. The average Bonchev–Trinajstić information content (AvgIpc) is 3.51. The normalized spacial score (nSPS) is 11.9. The van der Waals surface area contributed by atoms with Gasteiger partial charge in [0.05, 0.1) is 12.5 Å². The molecular weight excluding hydrogens is 536 g/mol. The van der Waals surface area contributed by atoms with E-state index in [4.69, 9.17) is 14.7 Å². The summed E-state index contributed by atoms with van der Waals surface area (Å²) in [7, 11) is 0. The summed E-state index contributed by atoms with van der Waals surface area (Å²) in [5.74, 6) is -0.616. The van der Waals surface area contributed by atoms with E-state index in [9.17, 15) is 14.4 Å². The molecule has 4 N–H and O–H groups in total. The van der Waals surface area contributed by atoms with Crippen molar-refractivity contribution < 1.29 is 29.1 Å². The van der Waals surface area contributed by atoms with Gasteiger partial charge in [-0.25, -0.2) is 0 Å². The van der Waals surface area contributed by atoms with E-state index >= 15 is 0 Å². The monoisotopic (exact) mass is 572 g/mol. The van der Waals surface area contributed by atoms with Crippen molar-refractivity contribution in [2.45, 2.75) is 46.1 Å². The number of carbonyl (C=O) groups excluding carboxylic acids is 1. The Bertz CT molecular complexity index is 1440. The Kier molecular flexibility index (Phi) is 11.8. The number of rotatable bonds is 12. The molecule has 10 nitrogen and oxygen atoms in total. The quantitative estimate of drug-likeness (QED) is 0.153. The molecule has 1 heterocycles. The maximum absolute atomic E-state index is 12.2. The highest BCUT2D eigenvalue weighted by molar-refractivity contribution is 5.94. The van der Waals surface area contributed by atoms with Gasteiger partial charge in [0, 0.05) is 35.3 Å². The number of anilines is 1. The fraction of sp³-hybridized carbons (Fsp3) is 0.281. The second kappa shape index (κ2) is 15.7. The van der Waals surface area contributed by atoms with E-state index < -0.39 is 11.9 Å². The number of nitrogens with zero attached hydrogens (tertiary/aromatic N) is 2. The van der Waals surface area contributed by atoms with Crippen molar-refractivity contribution in [3.63, 3.8) is 0 Å². The number of amides is 1. The molecule has 0 bridgehead atoms. The van der Waals surface area contributed by atoms with E-state index in [1.54, 1.807) is 19.1 Å². The molecule has 0 fully saturated rings. The van der Waals surface area contributed by atoms with Crippen LogP contribution in [0.2, 0.25) is 0 Å². The lowest BCUT2D eigenvalue weighted by molar-refractivity contribution is -0.137. The molecule has 1 unspecified atom stereocenters. The van der Waals surface area contributed by atoms with Crippen LogP contribution in [0.4, 0.5) is 5.69 Å². The van der Waals surface area contributed by atoms with Crippen molar-refractivity contribution in [1.82, 2.24) is 15.5 Å². The summed E-state index contributed by atoms with van der Waals surface area (Å²) in [6, 6.07) is 25.0. The fourth-order valence-corrected chi connectivity index (χ4v) is 3.95. The zero-order chi connectivity index (χ0) is 30.5. The molecule has 0 spiro atoms. The third-order valence-electron chi connectivity index (χ3n) is 6.58. The van der Waals surface area contributed by atoms with Crippen LogP contribution in [-0.4, -0.2) is 44.7 Å². The topological polar surface area (TPSA) is 155 Å². The number of benzene rings is 3. The van der Waals surface area contributed by atoms with Gasteiger partial charge >= 0.3 is 11.9 Å². The highest BCUT2D eigenvalue weighted by Gasteiger charge is 2.19. The largest absolute Gasteiger partial charge is 0.481 e. The molecule has 0 saturated heterocycles. The highest BCUT2D eigenvalue weighted by Crippen LogP contribution is 2.31. The van der Waals surface area contributed by atoms with Crippen LogP contribution >= 0.6 is 0 Å². The summed E-state index contributed by atoms with van der Waals surface area (Å²) >= 11 is 0. The number of hydrogen-bond donors (Lipinski definition) is 4. The van der Waals surface area contributed by atoms with Gasteiger partial charge in [-0.2, -0.15) is 4.98 Å². The van der Waals surface area contributed by atoms with Crippen molar-refractivity contribution >= 4 is 23.5 Å². The summed E-state index contributed by atoms with van der Waals surface area (Å²) in [6.07, 6.45) is 1.09. The second-order valence-electron chi connectivity index (χ2n) is 9.64. The molecule has 0 saturated carbocycles. The minimum Gasteiger partial charge on any atom is -0.481 e. The third-order valence-corrected chi connectivity index (χ3v) is 6.58. The highest BCUT2D eigenvalue weighted by atomic mass is 16.5. The molecule has 220 valence electrons. The van der Waals surface area contributed by atoms with Gasteiger partial charge in [-0.05, 0) is 47.9 Å². The first-order valence-corrected chi connectivity index (χ1v) is 13.8. The van der Waals surface area contributed by atoms with Crippen LogP contribution in [0.1, 0.15) is 62.0 Å². The van der Waals surface area contributed by atoms with Crippen LogP contribution in [0, 0.1) is 5.92 Å². The van der Waals surface area contributed by atoms with Crippen molar-refractivity contribution in [1.29, 1.82) is 0 Å². The van der Waals surface area contributed by atoms with Gasteiger partial charge in [-0.3, -0.25) is 14.4 Å². The molecule has 10 heteroatoms. The van der Waals surface area contributed by atoms with Gasteiger partial charge in [-0.1, -0.05) is 74.8 Å². The van der Waals surface area contributed by atoms with Crippen LogP contribution in [-0.2, 0) is 9.59 Å². The average molecular weight is 573 g/mol. The molecule has 4 rings (SSSR count). The lowest BCUT2D eigenvalue weighted by Crippen LogP contribution is -2.26. The molecule has 4 aromatic rings. The van der Waals surface area contributed by atoms with Gasteiger partial charge in [0.2, 0.25) is 5.82 Å². The van der Waals surface area contributed by atoms with E-state index in [1.807, 2.05) is 54.6 Å². The zero-order valence-electron chi connectivity index (χ0n) is 23.9. The first-order valence-electron chi connectivity index (χ1n) is 13.8. The fourth-order valence-electron chi connectivity index (χ4n) is 3.95. The number of carboxylic acids is 2. The third kappa shape index (κ3) is 9.29. The van der Waals surface area contributed by atoms with Gasteiger partial charge < -0.3 is 25.4 Å². The Morgan fingerprint density at radius 2 is 1.50 bits per heavy atom. The first-order chi connectivity index (χ1) is 20.2. The van der Waals surface area contributed by atoms with Crippen LogP contribution in [0.25, 0.3) is 22.8 Å². The lowest BCUT2D eigenvalue weighted by atomic mass is 9.91. The van der Waals surface area contributed by atoms with Gasteiger partial charge in [0.1, 0.15) is 0 Å². The summed E-state index contributed by atoms with van der Waals surface area (Å²) in [6.45, 7) is 6.05. The van der Waals surface area contributed by atoms with Crippen LogP contribution in [0.5, 0.6) is 0 Å². The number of aromatic nitrogens is 2. The molecule has 0 aliphatic rings. The number of carbonyl (C=O) groups is 3. The zero-order valence-corrected chi connectivity index (χ0v) is 23.9. The van der Waals surface area contributed by atoms with Gasteiger partial charge in [-0.15, -0.1) is 0 Å². The Labute approximate surface area is 244 Å². The number of nitrogens with one attached hydrogen (secondary N) is 2. The van der Waals surface area contributed by atoms with Crippen molar-refractivity contribution in [2.24, 2.45) is 5.92 Å². The molecule has 42 heavy (non-hydrogen) atoms. The summed E-state index contributed by atoms with van der Waals surface area (Å²) in [4.78, 5) is 36.8. The van der Waals surface area contributed by atoms with Gasteiger partial charge in [0.15, 0.2) is 0 Å². The number of aliphatic carboxylic acids is 2. The van der Waals surface area contributed by atoms with Crippen LogP contribution < -0.4 is 10.6 Å². The van der Waals surface area contributed by atoms with Gasteiger partial charge in [0.25, 0.3) is 11.8 Å². The van der Waals surface area contributed by atoms with E-state index in [0.717, 1.165) is 28.8 Å². The number of carboxylic acid groups (broad SMARTS) is 2. The Balaban J connectivity index is 0.000000892. The molecular formula is C32H36N4O6. The Morgan fingerprint density at radius 1 is 0.857 bits per heavy atom. The molecule has 3 aromatic carbocycles. The minimum atomic E-state index is -0.946. The summed E-state index contributed by atoms with van der Waals surface area (Å²) in [5.41, 5.74) is 4.25. The molecule has 0 radical (unpaired) electrons. The summed E-state index contributed by atoms with van der Waals surface area (Å²) in [5, 5.41) is 26.8. The SMILES string of the molecule is CCC(=O)O.CCC(C)[C@H](Nc1ccc(C(=O)NCCC(=O)O)cc1)c1ccc(-c2noc(-c3ccccc3)n2)cc1. The second-order valence-corrected chi connectivity index (χ2v) is 9.64. The lowest BCUT2D eigenvalue weighted by Gasteiger charge is -2.26. The van der Waals surface area contributed by atoms with Crippen LogP contribution in [0.15, 0.2) is 83.4 Å². The van der Waals surface area contributed by atoms with E-state index in [1.165, 1.54) is 0 Å². The summed E-state index contributed by atoms with van der Waals surface area (Å²) < 4.78 is 5.45. The Hall–Kier alpha value is -4.99. The smallest absolute Gasteiger partial charge is 0.305 e. The predicted octanol–water partition coefficient (Wildman–Crippen LogP) is 6.29. The van der Waals surface area contributed by atoms with Crippen LogP contribution in [0.3, 0.4) is 0 Å². The van der Waals surface area contributed by atoms with Crippen molar-refractivity contribution in [2.75, 3.05) is 11.9 Å². The molecule has 0 aliphatic heterocycles. The standard InChI is InChI=1S/C29H30N4O4.C3H6O2/c1-3-19(2)26(31-24-15-13-22(14-16-24)28(36)30-18-17-25(34)35)20-9-11-21(12-10-20)27-32-29(37-33-27)23-7-5-4-6-8-23;1-2-3(4)5/h4-16,19,26,31H,3,17-18H2,1-2H3,(H,30,36)(H,34,35);2H2,1H3,(H,4,5)/t19?,26-;/m0./s1. The molecule has 1 amide bonds. The maximum Gasteiger partial charge on any atom is 0.305 e. The maximum atomic E-state index is 12.2. The molecule has 1 aromatic heterocycles.